The highest BCUT2D eigenvalue weighted by molar-refractivity contribution is 5.97. The van der Waals surface area contributed by atoms with Crippen LogP contribution in [0.4, 0.5) is 26.3 Å². The minimum Gasteiger partial charge on any atom is -0.206 e. The zero-order valence-corrected chi connectivity index (χ0v) is 10.7. The lowest BCUT2D eigenvalue weighted by Gasteiger charge is -2.11. The molecule has 0 heterocycles. The smallest absolute Gasteiger partial charge is 0.200 e. The van der Waals surface area contributed by atoms with Crippen molar-refractivity contribution in [1.82, 2.24) is 0 Å². The van der Waals surface area contributed by atoms with E-state index in [2.05, 4.69) is 0 Å². The van der Waals surface area contributed by atoms with Crippen LogP contribution >= 0.6 is 0 Å². The molecule has 0 spiro atoms. The van der Waals surface area contributed by atoms with Crippen LogP contribution in [0.2, 0.25) is 0 Å². The molecule has 0 N–H and O–H groups in total. The highest BCUT2D eigenvalue weighted by Gasteiger charge is 2.27. The molecule has 0 aliphatic heterocycles. The van der Waals surface area contributed by atoms with E-state index in [1.807, 2.05) is 0 Å². The van der Waals surface area contributed by atoms with E-state index in [9.17, 15) is 26.3 Å². The van der Waals surface area contributed by atoms with Crippen LogP contribution in [0.25, 0.3) is 21.9 Å². The van der Waals surface area contributed by atoms with Crippen molar-refractivity contribution in [2.24, 2.45) is 0 Å². The second-order valence-electron chi connectivity index (χ2n) is 4.59. The van der Waals surface area contributed by atoms with Gasteiger partial charge in [-0.1, -0.05) is 30.3 Å². The molecule has 0 aliphatic carbocycles. The number of hydrogen-bond donors (Lipinski definition) is 0. The lowest BCUT2D eigenvalue weighted by molar-refractivity contribution is 0.381. The van der Waals surface area contributed by atoms with Crippen molar-refractivity contribution >= 4 is 10.8 Å². The van der Waals surface area contributed by atoms with Crippen LogP contribution in [-0.2, 0) is 0 Å². The monoisotopic (exact) mass is 312 g/mol. The number of halogens is 6. The van der Waals surface area contributed by atoms with Gasteiger partial charge in [0.2, 0.25) is 5.82 Å². The van der Waals surface area contributed by atoms with Gasteiger partial charge in [-0.15, -0.1) is 0 Å². The van der Waals surface area contributed by atoms with Crippen molar-refractivity contribution < 1.29 is 26.3 Å². The standard InChI is InChI=1S/C16H6F6/c17-10-6-5-9(7-3-1-2-4-8(7)10)11-12(18)14(20)16(22)15(21)13(11)19/h1-6H. The van der Waals surface area contributed by atoms with Gasteiger partial charge in [0.05, 0.1) is 5.56 Å². The molecule has 22 heavy (non-hydrogen) atoms. The second-order valence-corrected chi connectivity index (χ2v) is 4.59. The van der Waals surface area contributed by atoms with Gasteiger partial charge in [-0.25, -0.2) is 26.3 Å². The second kappa shape index (κ2) is 5.05. The Balaban J connectivity index is 2.46. The van der Waals surface area contributed by atoms with Crippen molar-refractivity contribution in [3.05, 3.63) is 71.3 Å². The summed E-state index contributed by atoms with van der Waals surface area (Å²) in [6.07, 6.45) is 0. The van der Waals surface area contributed by atoms with Gasteiger partial charge in [-0.05, 0) is 17.0 Å². The summed E-state index contributed by atoms with van der Waals surface area (Å²) >= 11 is 0. The molecule has 112 valence electrons. The third-order valence-electron chi connectivity index (χ3n) is 3.35. The molecule has 3 aromatic carbocycles. The fourth-order valence-corrected chi connectivity index (χ4v) is 2.32. The highest BCUT2D eigenvalue weighted by atomic mass is 19.2. The Morgan fingerprint density at radius 2 is 1.00 bits per heavy atom. The molecule has 0 radical (unpaired) electrons. The zero-order chi connectivity index (χ0) is 16.0. The fourth-order valence-electron chi connectivity index (χ4n) is 2.32. The van der Waals surface area contributed by atoms with Crippen molar-refractivity contribution in [3.63, 3.8) is 0 Å². The Kier molecular flexibility index (Phi) is 3.31. The molecule has 0 amide bonds. The van der Waals surface area contributed by atoms with Gasteiger partial charge in [-0.2, -0.15) is 0 Å². The quantitative estimate of drug-likeness (QED) is 0.323. The SMILES string of the molecule is Fc1c(F)c(F)c(-c2ccc(F)c3ccccc23)c(F)c1F. The van der Waals surface area contributed by atoms with Crippen LogP contribution in [0.5, 0.6) is 0 Å². The van der Waals surface area contributed by atoms with Crippen molar-refractivity contribution in [3.8, 4) is 11.1 Å². The molecule has 3 aromatic rings. The van der Waals surface area contributed by atoms with Crippen LogP contribution in [0.1, 0.15) is 0 Å². The van der Waals surface area contributed by atoms with Crippen LogP contribution < -0.4 is 0 Å². The minimum atomic E-state index is -2.23. The van der Waals surface area contributed by atoms with E-state index in [0.29, 0.717) is 0 Å². The normalized spacial score (nSPS) is 11.2. The average Bonchev–Trinajstić information content (AvgIpc) is 2.53. The van der Waals surface area contributed by atoms with Crippen LogP contribution in [0, 0.1) is 34.9 Å². The maximum absolute atomic E-state index is 13.9. The first-order valence-electron chi connectivity index (χ1n) is 6.12. The van der Waals surface area contributed by atoms with Crippen LogP contribution in [0.15, 0.2) is 36.4 Å². The first kappa shape index (κ1) is 14.4. The molecule has 6 heteroatoms. The maximum atomic E-state index is 13.9. The number of hydrogen-bond acceptors (Lipinski definition) is 0. The first-order valence-corrected chi connectivity index (χ1v) is 6.12. The number of benzene rings is 3. The molecule has 3 rings (SSSR count). The van der Waals surface area contributed by atoms with E-state index < -0.39 is 40.5 Å². The van der Waals surface area contributed by atoms with Crippen LogP contribution in [-0.4, -0.2) is 0 Å². The summed E-state index contributed by atoms with van der Waals surface area (Å²) in [5.41, 5.74) is -1.35. The summed E-state index contributed by atoms with van der Waals surface area (Å²) in [7, 11) is 0. The maximum Gasteiger partial charge on any atom is 0.200 e. The topological polar surface area (TPSA) is 0 Å². The molecule has 0 aliphatic rings. The molecule has 0 saturated carbocycles. The van der Waals surface area contributed by atoms with Gasteiger partial charge in [0.25, 0.3) is 0 Å². The number of fused-ring (bicyclic) bond motifs is 1. The Morgan fingerprint density at radius 3 is 1.59 bits per heavy atom. The van der Waals surface area contributed by atoms with Gasteiger partial charge < -0.3 is 0 Å². The summed E-state index contributed by atoms with van der Waals surface area (Å²) in [5.74, 6) is -10.9. The molecule has 0 saturated heterocycles. The minimum absolute atomic E-state index is 0.0175. The molecule has 0 bridgehead atoms. The summed E-state index contributed by atoms with van der Waals surface area (Å²) in [4.78, 5) is 0. The molecular weight excluding hydrogens is 306 g/mol. The molecule has 0 fully saturated rings. The average molecular weight is 312 g/mol. The van der Waals surface area contributed by atoms with Gasteiger partial charge in [0.15, 0.2) is 23.3 Å². The van der Waals surface area contributed by atoms with Crippen molar-refractivity contribution in [2.45, 2.75) is 0 Å². The first-order chi connectivity index (χ1) is 10.4. The van der Waals surface area contributed by atoms with Gasteiger partial charge in [0, 0.05) is 5.39 Å². The fraction of sp³-hybridized carbons (Fsp3) is 0. The predicted octanol–water partition coefficient (Wildman–Crippen LogP) is 5.34. The molecule has 0 aromatic heterocycles. The summed E-state index contributed by atoms with van der Waals surface area (Å²) in [5, 5.41) is 0.0645. The van der Waals surface area contributed by atoms with E-state index in [0.717, 1.165) is 12.1 Å². The van der Waals surface area contributed by atoms with E-state index in [1.54, 1.807) is 0 Å². The molecule has 0 atom stereocenters. The lowest BCUT2D eigenvalue weighted by atomic mass is 9.96. The van der Waals surface area contributed by atoms with Crippen molar-refractivity contribution in [2.75, 3.05) is 0 Å². The summed E-state index contributed by atoms with van der Waals surface area (Å²) in [6, 6.07) is 7.54. The molecule has 0 unspecified atom stereocenters. The Morgan fingerprint density at radius 1 is 0.500 bits per heavy atom. The van der Waals surface area contributed by atoms with E-state index >= 15 is 0 Å². The van der Waals surface area contributed by atoms with E-state index in [-0.39, 0.29) is 16.3 Å². The summed E-state index contributed by atoms with van der Waals surface area (Å²) in [6.45, 7) is 0. The highest BCUT2D eigenvalue weighted by Crippen LogP contribution is 2.36. The van der Waals surface area contributed by atoms with Gasteiger partial charge in [0.1, 0.15) is 5.82 Å². The van der Waals surface area contributed by atoms with Crippen LogP contribution in [0.3, 0.4) is 0 Å². The Hall–Kier alpha value is -2.50. The van der Waals surface area contributed by atoms with Crippen molar-refractivity contribution in [1.29, 1.82) is 0 Å². The van der Waals surface area contributed by atoms with E-state index in [1.165, 1.54) is 24.3 Å². The largest absolute Gasteiger partial charge is 0.206 e. The third kappa shape index (κ3) is 1.94. The summed E-state index contributed by atoms with van der Waals surface area (Å²) < 4.78 is 81.3. The van der Waals surface area contributed by atoms with E-state index in [4.69, 9.17) is 0 Å². The van der Waals surface area contributed by atoms with Gasteiger partial charge >= 0.3 is 0 Å². The third-order valence-corrected chi connectivity index (χ3v) is 3.35. The lowest BCUT2D eigenvalue weighted by Crippen LogP contribution is -2.04. The van der Waals surface area contributed by atoms with Gasteiger partial charge in [-0.3, -0.25) is 0 Å². The zero-order valence-electron chi connectivity index (χ0n) is 10.7. The number of rotatable bonds is 1. The predicted molar refractivity (Wildman–Crippen MR) is 69.1 cm³/mol. The Labute approximate surface area is 120 Å². The molecule has 0 nitrogen and oxygen atoms in total. The molecular formula is C16H6F6. The Bertz CT molecular complexity index is 872.